The molecule has 0 fully saturated rings. The predicted molar refractivity (Wildman–Crippen MR) is 167 cm³/mol. The Labute approximate surface area is 257 Å². The summed E-state index contributed by atoms with van der Waals surface area (Å²) in [5.41, 5.74) is 9.51. The lowest BCUT2D eigenvalue weighted by molar-refractivity contribution is -0.137. The van der Waals surface area contributed by atoms with Gasteiger partial charge >= 0.3 is 5.97 Å². The van der Waals surface area contributed by atoms with Gasteiger partial charge in [0.2, 0.25) is 0 Å². The van der Waals surface area contributed by atoms with Gasteiger partial charge in [0, 0.05) is 40.8 Å². The predicted octanol–water partition coefficient (Wildman–Crippen LogP) is 6.16. The molecule has 8 nitrogen and oxygen atoms in total. The monoisotopic (exact) mass is 622 g/mol. The summed E-state index contributed by atoms with van der Waals surface area (Å²) in [6.45, 7) is 5.40. The van der Waals surface area contributed by atoms with Gasteiger partial charge in [0.25, 0.3) is 5.91 Å². The maximum atomic E-state index is 13.2. The first-order valence-corrected chi connectivity index (χ1v) is 13.9. The Morgan fingerprint density at radius 3 is 2.39 bits per heavy atom. The third-order valence-electron chi connectivity index (χ3n) is 6.41. The maximum Gasteiger partial charge on any atom is 0.305 e. The molecule has 0 saturated carbocycles. The standard InChI is InChI=1S/C30H36Cl2N4O4.ClH/c1-18(2)26(16-28(37)38)35-30(39)25-11-8-21(22-14-19(17-33)6-9-23(22)31)29(34-25)20-7-10-24(32)27(15-20)40-13-5-12-36(3)4;/h6-11,14-15,18,26H,5,12-13,16-17,33H2,1-4H3,(H,35,39)(H,37,38);1H/t26-;/m0./s1. The van der Waals surface area contributed by atoms with Gasteiger partial charge in [-0.15, -0.1) is 12.4 Å². The molecular weight excluding hydrogens is 587 g/mol. The molecule has 0 unspecified atom stereocenters. The molecule has 4 N–H and O–H groups in total. The number of aromatic nitrogens is 1. The fraction of sp³-hybridized carbons (Fsp3) is 0.367. The van der Waals surface area contributed by atoms with Crippen LogP contribution in [0.3, 0.4) is 0 Å². The molecular formula is C30H37Cl3N4O4. The van der Waals surface area contributed by atoms with Gasteiger partial charge in [-0.25, -0.2) is 4.98 Å². The molecule has 0 aliphatic heterocycles. The van der Waals surface area contributed by atoms with E-state index in [4.69, 9.17) is 38.7 Å². The highest BCUT2D eigenvalue weighted by molar-refractivity contribution is 6.33. The number of rotatable bonds is 13. The minimum Gasteiger partial charge on any atom is -0.492 e. The molecule has 2 aromatic carbocycles. The van der Waals surface area contributed by atoms with E-state index in [1.807, 2.05) is 46.1 Å². The number of ether oxygens (including phenoxy) is 1. The van der Waals surface area contributed by atoms with E-state index in [0.717, 1.165) is 18.5 Å². The third kappa shape index (κ3) is 9.58. The summed E-state index contributed by atoms with van der Waals surface area (Å²) < 4.78 is 5.98. The highest BCUT2D eigenvalue weighted by Gasteiger charge is 2.23. The highest BCUT2D eigenvalue weighted by Crippen LogP contribution is 2.38. The normalized spacial score (nSPS) is 11.7. The molecule has 222 valence electrons. The number of halogens is 3. The van der Waals surface area contributed by atoms with Crippen molar-refractivity contribution in [3.63, 3.8) is 0 Å². The molecule has 0 aliphatic rings. The van der Waals surface area contributed by atoms with Crippen molar-refractivity contribution in [2.75, 3.05) is 27.2 Å². The van der Waals surface area contributed by atoms with Gasteiger partial charge in [0.1, 0.15) is 11.4 Å². The van der Waals surface area contributed by atoms with Crippen molar-refractivity contribution in [1.29, 1.82) is 0 Å². The summed E-state index contributed by atoms with van der Waals surface area (Å²) in [6.07, 6.45) is 0.628. The first kappa shape index (κ1) is 34.3. The fourth-order valence-electron chi connectivity index (χ4n) is 4.14. The van der Waals surface area contributed by atoms with Gasteiger partial charge in [-0.2, -0.15) is 0 Å². The van der Waals surface area contributed by atoms with Gasteiger partial charge < -0.3 is 25.8 Å². The lowest BCUT2D eigenvalue weighted by Gasteiger charge is -2.21. The minimum absolute atomic E-state index is 0. The zero-order valence-electron chi connectivity index (χ0n) is 23.6. The second kappa shape index (κ2) is 15.9. The Kier molecular flexibility index (Phi) is 13.3. The Bertz CT molecular complexity index is 1350. The van der Waals surface area contributed by atoms with Gasteiger partial charge in [-0.05, 0) is 68.4 Å². The molecule has 0 radical (unpaired) electrons. The van der Waals surface area contributed by atoms with Crippen molar-refractivity contribution >= 4 is 47.5 Å². The van der Waals surface area contributed by atoms with Crippen LogP contribution in [-0.4, -0.2) is 60.2 Å². The van der Waals surface area contributed by atoms with Gasteiger partial charge in [-0.3, -0.25) is 9.59 Å². The number of benzene rings is 2. The summed E-state index contributed by atoms with van der Waals surface area (Å²) in [4.78, 5) is 31.4. The van der Waals surface area contributed by atoms with Crippen LogP contribution in [0.15, 0.2) is 48.5 Å². The Morgan fingerprint density at radius 1 is 1.05 bits per heavy atom. The van der Waals surface area contributed by atoms with Crippen LogP contribution in [-0.2, 0) is 11.3 Å². The van der Waals surface area contributed by atoms with E-state index in [1.165, 1.54) is 0 Å². The number of aliphatic carboxylic acids is 1. The number of carboxylic acids is 1. The fourth-order valence-corrected chi connectivity index (χ4v) is 4.53. The van der Waals surface area contributed by atoms with Crippen LogP contribution in [0.1, 0.15) is 42.7 Å². The molecule has 11 heteroatoms. The second-order valence-electron chi connectivity index (χ2n) is 10.2. The number of hydrogen-bond donors (Lipinski definition) is 3. The number of hydrogen-bond acceptors (Lipinski definition) is 6. The van der Waals surface area contributed by atoms with Gasteiger partial charge in [0.15, 0.2) is 0 Å². The first-order valence-electron chi connectivity index (χ1n) is 13.1. The average Bonchev–Trinajstić information content (AvgIpc) is 2.91. The van der Waals surface area contributed by atoms with Crippen molar-refractivity contribution in [2.45, 2.75) is 39.3 Å². The van der Waals surface area contributed by atoms with Gasteiger partial charge in [0.05, 0.1) is 23.7 Å². The van der Waals surface area contributed by atoms with E-state index in [-0.39, 0.29) is 30.4 Å². The molecule has 1 atom stereocenters. The largest absolute Gasteiger partial charge is 0.492 e. The number of amides is 1. The molecule has 0 bridgehead atoms. The van der Waals surface area contributed by atoms with Crippen LogP contribution in [0, 0.1) is 5.92 Å². The molecule has 1 heterocycles. The van der Waals surface area contributed by atoms with Crippen molar-refractivity contribution in [3.05, 3.63) is 69.8 Å². The van der Waals surface area contributed by atoms with E-state index in [0.29, 0.717) is 51.3 Å². The molecule has 1 aromatic heterocycles. The molecule has 1 amide bonds. The summed E-state index contributed by atoms with van der Waals surface area (Å²) in [6, 6.07) is 13.7. The molecule has 0 saturated heterocycles. The van der Waals surface area contributed by atoms with E-state index >= 15 is 0 Å². The van der Waals surface area contributed by atoms with Crippen LogP contribution < -0.4 is 15.8 Å². The Morgan fingerprint density at radius 2 is 1.76 bits per heavy atom. The van der Waals surface area contributed by atoms with E-state index in [9.17, 15) is 14.7 Å². The summed E-state index contributed by atoms with van der Waals surface area (Å²) in [7, 11) is 4.00. The van der Waals surface area contributed by atoms with Crippen LogP contribution in [0.25, 0.3) is 22.4 Å². The van der Waals surface area contributed by atoms with Crippen molar-refractivity contribution < 1.29 is 19.4 Å². The number of pyridine rings is 1. The second-order valence-corrected chi connectivity index (χ2v) is 11.0. The van der Waals surface area contributed by atoms with E-state index in [2.05, 4.69) is 10.2 Å². The molecule has 3 rings (SSSR count). The Balaban J connectivity index is 0.00000588. The maximum absolute atomic E-state index is 13.2. The zero-order chi connectivity index (χ0) is 29.4. The van der Waals surface area contributed by atoms with E-state index in [1.54, 1.807) is 30.3 Å². The molecule has 0 spiro atoms. The summed E-state index contributed by atoms with van der Waals surface area (Å²) in [5.74, 6) is -1.04. The third-order valence-corrected chi connectivity index (χ3v) is 7.05. The number of nitrogens with zero attached hydrogens (tertiary/aromatic N) is 2. The van der Waals surface area contributed by atoms with Crippen molar-refractivity contribution in [3.8, 4) is 28.1 Å². The Hall–Kier alpha value is -2.88. The van der Waals surface area contributed by atoms with Crippen LogP contribution in [0.5, 0.6) is 5.75 Å². The van der Waals surface area contributed by atoms with Crippen LogP contribution >= 0.6 is 35.6 Å². The van der Waals surface area contributed by atoms with Crippen molar-refractivity contribution in [1.82, 2.24) is 15.2 Å². The number of nitrogens with two attached hydrogens (primary N) is 1. The number of carbonyl (C=O) groups is 2. The van der Waals surface area contributed by atoms with Crippen LogP contribution in [0.4, 0.5) is 0 Å². The number of nitrogens with one attached hydrogen (secondary N) is 1. The van der Waals surface area contributed by atoms with Crippen molar-refractivity contribution in [2.24, 2.45) is 11.7 Å². The SMILES string of the molecule is CC(C)[C@H](CC(=O)O)NC(=O)c1ccc(-c2cc(CN)ccc2Cl)c(-c2ccc(Cl)c(OCCCN(C)C)c2)n1.Cl. The number of carboxylic acid groups (broad SMARTS) is 1. The smallest absolute Gasteiger partial charge is 0.305 e. The quantitative estimate of drug-likeness (QED) is 0.195. The summed E-state index contributed by atoms with van der Waals surface area (Å²) >= 11 is 13.1. The lowest BCUT2D eigenvalue weighted by atomic mass is 9.96. The topological polar surface area (TPSA) is 118 Å². The molecule has 41 heavy (non-hydrogen) atoms. The lowest BCUT2D eigenvalue weighted by Crippen LogP contribution is -2.40. The molecule has 3 aromatic rings. The first-order chi connectivity index (χ1) is 19.0. The molecule has 0 aliphatic carbocycles. The highest BCUT2D eigenvalue weighted by atomic mass is 35.5. The summed E-state index contributed by atoms with van der Waals surface area (Å²) in [5, 5.41) is 13.1. The number of carbonyl (C=O) groups excluding carboxylic acids is 1. The van der Waals surface area contributed by atoms with Crippen LogP contribution in [0.2, 0.25) is 10.0 Å². The van der Waals surface area contributed by atoms with E-state index < -0.39 is 17.9 Å². The minimum atomic E-state index is -0.989. The average molecular weight is 624 g/mol. The van der Waals surface area contributed by atoms with Gasteiger partial charge in [-0.1, -0.05) is 49.2 Å². The zero-order valence-corrected chi connectivity index (χ0v) is 25.9.